The van der Waals surface area contributed by atoms with E-state index < -0.39 is 0 Å². The van der Waals surface area contributed by atoms with E-state index >= 15 is 0 Å². The molecule has 3 aromatic carbocycles. The number of carbonyl (C=O) groups is 1. The number of rotatable bonds is 3. The van der Waals surface area contributed by atoms with Gasteiger partial charge in [-0.25, -0.2) is 0 Å². The van der Waals surface area contributed by atoms with E-state index in [1.807, 2.05) is 47.5 Å². The van der Waals surface area contributed by atoms with Gasteiger partial charge in [0.25, 0.3) is 0 Å². The van der Waals surface area contributed by atoms with Gasteiger partial charge in [-0.1, -0.05) is 53.5 Å². The third kappa shape index (κ3) is 3.31. The van der Waals surface area contributed by atoms with E-state index in [9.17, 15) is 4.79 Å². The predicted molar refractivity (Wildman–Crippen MR) is 116 cm³/mol. The Balaban J connectivity index is 1.60. The number of benzene rings is 3. The van der Waals surface area contributed by atoms with Crippen LogP contribution < -0.4 is 9.64 Å². The topological polar surface area (TPSA) is 29.5 Å². The van der Waals surface area contributed by atoms with Crippen molar-refractivity contribution in [2.45, 2.75) is 18.6 Å². The summed E-state index contributed by atoms with van der Waals surface area (Å²) in [6.07, 6.45) is 2.43. The molecule has 0 bridgehead atoms. The number of nitrogens with zero attached hydrogens (tertiary/aromatic N) is 1. The van der Waals surface area contributed by atoms with Crippen LogP contribution in [0.2, 0.25) is 10.0 Å². The quantitative estimate of drug-likeness (QED) is 0.453. The van der Waals surface area contributed by atoms with Crippen LogP contribution in [0.5, 0.6) is 5.75 Å². The number of halogens is 2. The third-order valence-corrected chi connectivity index (χ3v) is 5.92. The van der Waals surface area contributed by atoms with Crippen LogP contribution in [0.3, 0.4) is 0 Å². The Morgan fingerprint density at radius 1 is 0.931 bits per heavy atom. The van der Waals surface area contributed by atoms with E-state index in [0.717, 1.165) is 22.6 Å². The molecule has 2 atom stereocenters. The van der Waals surface area contributed by atoms with Gasteiger partial charge in [0.2, 0.25) is 0 Å². The maximum absolute atomic E-state index is 13.4. The molecule has 0 spiro atoms. The molecule has 144 valence electrons. The first-order valence-corrected chi connectivity index (χ1v) is 10.2. The molecule has 0 unspecified atom stereocenters. The summed E-state index contributed by atoms with van der Waals surface area (Å²) >= 11 is 12.1. The van der Waals surface area contributed by atoms with Crippen LogP contribution in [0.4, 0.5) is 5.69 Å². The van der Waals surface area contributed by atoms with E-state index in [0.29, 0.717) is 22.0 Å². The number of ketones is 1. The van der Waals surface area contributed by atoms with Crippen molar-refractivity contribution >= 4 is 34.7 Å². The molecule has 5 heteroatoms. The molecule has 29 heavy (non-hydrogen) atoms. The molecular weight excluding hydrogens is 405 g/mol. The first-order valence-electron chi connectivity index (χ1n) is 9.41. The van der Waals surface area contributed by atoms with E-state index in [4.69, 9.17) is 27.9 Å². The average molecular weight is 422 g/mol. The van der Waals surface area contributed by atoms with Gasteiger partial charge in [0.05, 0.1) is 5.69 Å². The van der Waals surface area contributed by atoms with Gasteiger partial charge < -0.3 is 9.64 Å². The van der Waals surface area contributed by atoms with Crippen molar-refractivity contribution in [3.05, 3.63) is 106 Å². The molecule has 5 rings (SSSR count). The molecule has 2 heterocycles. The molecule has 0 aliphatic carbocycles. The second-order valence-electron chi connectivity index (χ2n) is 7.21. The lowest BCUT2D eigenvalue weighted by Crippen LogP contribution is -2.38. The summed E-state index contributed by atoms with van der Waals surface area (Å²) in [5, 5.41) is 1.24. The number of anilines is 1. The van der Waals surface area contributed by atoms with Crippen molar-refractivity contribution in [1.29, 1.82) is 0 Å². The Kier molecular flexibility index (Phi) is 4.57. The highest BCUT2D eigenvalue weighted by atomic mass is 35.5. The van der Waals surface area contributed by atoms with E-state index in [1.54, 1.807) is 24.3 Å². The van der Waals surface area contributed by atoms with E-state index in [2.05, 4.69) is 12.1 Å². The molecule has 3 nitrogen and oxygen atoms in total. The number of carbonyl (C=O) groups excluding carboxylic acids is 1. The van der Waals surface area contributed by atoms with Crippen molar-refractivity contribution in [2.24, 2.45) is 0 Å². The lowest BCUT2D eigenvalue weighted by Gasteiger charge is -2.33. The Hall–Kier alpha value is -2.75. The fourth-order valence-electron chi connectivity index (χ4n) is 4.02. The van der Waals surface area contributed by atoms with Gasteiger partial charge in [0, 0.05) is 45.8 Å². The second kappa shape index (κ2) is 7.25. The van der Waals surface area contributed by atoms with Crippen LogP contribution in [0, 0.1) is 0 Å². The SMILES string of the molecule is O=C(C1=CN2c3ccc(Cl)cc3O[C@@H]2C[C@H]1c1ccccc1)c1ccc(Cl)cc1. The van der Waals surface area contributed by atoms with Crippen LogP contribution >= 0.6 is 23.2 Å². The number of ether oxygens (including phenoxy) is 1. The molecule has 0 fully saturated rings. The van der Waals surface area contributed by atoms with Gasteiger partial charge in [-0.15, -0.1) is 0 Å². The fourth-order valence-corrected chi connectivity index (χ4v) is 4.31. The van der Waals surface area contributed by atoms with Crippen LogP contribution in [-0.4, -0.2) is 12.0 Å². The van der Waals surface area contributed by atoms with Crippen molar-refractivity contribution in [3.8, 4) is 5.75 Å². The molecule has 3 aromatic rings. The molecular formula is C24H17Cl2NO2. The molecule has 2 aliphatic heterocycles. The zero-order valence-electron chi connectivity index (χ0n) is 15.4. The standard InChI is InChI=1S/C24H17Cl2NO2/c25-17-8-6-16(7-9-17)24(28)20-14-27-21-11-10-18(26)12-22(21)29-23(27)13-19(20)15-4-2-1-3-5-15/h1-12,14,19,23H,13H2/t19-,23+/m0/s1. The molecule has 0 radical (unpaired) electrons. The summed E-state index contributed by atoms with van der Waals surface area (Å²) in [6.45, 7) is 0. The normalized spacial score (nSPS) is 19.8. The van der Waals surface area contributed by atoms with Gasteiger partial charge in [-0.2, -0.15) is 0 Å². The lowest BCUT2D eigenvalue weighted by atomic mass is 9.82. The van der Waals surface area contributed by atoms with Crippen LogP contribution in [0.1, 0.15) is 28.3 Å². The molecule has 0 aromatic heterocycles. The van der Waals surface area contributed by atoms with E-state index in [-0.39, 0.29) is 17.9 Å². The van der Waals surface area contributed by atoms with Crippen molar-refractivity contribution in [2.75, 3.05) is 4.90 Å². The number of allylic oxidation sites excluding steroid dienone is 1. The minimum atomic E-state index is -0.171. The second-order valence-corrected chi connectivity index (χ2v) is 8.08. The van der Waals surface area contributed by atoms with Crippen LogP contribution in [-0.2, 0) is 0 Å². The largest absolute Gasteiger partial charge is 0.468 e. The van der Waals surface area contributed by atoms with Crippen molar-refractivity contribution < 1.29 is 9.53 Å². The first kappa shape index (κ1) is 18.3. The third-order valence-electron chi connectivity index (χ3n) is 5.43. The maximum Gasteiger partial charge on any atom is 0.191 e. The first-order chi connectivity index (χ1) is 14.1. The summed E-state index contributed by atoms with van der Waals surface area (Å²) in [5.74, 6) is 0.674. The number of hydrogen-bond acceptors (Lipinski definition) is 3. The number of Topliss-reactive ketones (excluding diaryl/α,β-unsaturated/α-hetero) is 1. The van der Waals surface area contributed by atoms with Crippen molar-refractivity contribution in [1.82, 2.24) is 0 Å². The molecule has 0 N–H and O–H groups in total. The summed E-state index contributed by atoms with van der Waals surface area (Å²) in [4.78, 5) is 15.5. The lowest BCUT2D eigenvalue weighted by molar-refractivity contribution is 0.101. The van der Waals surface area contributed by atoms with Gasteiger partial charge in [-0.05, 0) is 42.0 Å². The monoisotopic (exact) mass is 421 g/mol. The Bertz CT molecular complexity index is 1110. The smallest absolute Gasteiger partial charge is 0.191 e. The minimum absolute atomic E-state index is 0.00335. The molecule has 0 amide bonds. The van der Waals surface area contributed by atoms with Crippen LogP contribution in [0.25, 0.3) is 0 Å². The minimum Gasteiger partial charge on any atom is -0.468 e. The van der Waals surface area contributed by atoms with Gasteiger partial charge in [0.1, 0.15) is 5.75 Å². The summed E-state index contributed by atoms with van der Waals surface area (Å²) in [5.41, 5.74) is 3.38. The predicted octanol–water partition coefficient (Wildman–Crippen LogP) is 6.47. The average Bonchev–Trinajstić information content (AvgIpc) is 3.10. The zero-order chi connectivity index (χ0) is 20.0. The summed E-state index contributed by atoms with van der Waals surface area (Å²) in [7, 11) is 0. The highest BCUT2D eigenvalue weighted by Gasteiger charge is 2.39. The molecule has 2 aliphatic rings. The van der Waals surface area contributed by atoms with Crippen LogP contribution in [0.15, 0.2) is 84.6 Å². The highest BCUT2D eigenvalue weighted by molar-refractivity contribution is 6.31. The number of hydrogen-bond donors (Lipinski definition) is 0. The zero-order valence-corrected chi connectivity index (χ0v) is 16.9. The van der Waals surface area contributed by atoms with Crippen molar-refractivity contribution in [3.63, 3.8) is 0 Å². The highest BCUT2D eigenvalue weighted by Crippen LogP contribution is 2.46. The Morgan fingerprint density at radius 3 is 2.41 bits per heavy atom. The van der Waals surface area contributed by atoms with Gasteiger partial charge >= 0.3 is 0 Å². The summed E-state index contributed by atoms with van der Waals surface area (Å²) < 4.78 is 6.16. The van der Waals surface area contributed by atoms with E-state index in [1.165, 1.54) is 0 Å². The maximum atomic E-state index is 13.4. The summed E-state index contributed by atoms with van der Waals surface area (Å²) in [6, 6.07) is 22.7. The Labute approximate surface area is 179 Å². The molecule has 0 saturated heterocycles. The van der Waals surface area contributed by atoms with Gasteiger partial charge in [-0.3, -0.25) is 4.79 Å². The number of fused-ring (bicyclic) bond motifs is 3. The molecule has 0 saturated carbocycles. The fraction of sp³-hybridized carbons (Fsp3) is 0.125. The Morgan fingerprint density at radius 2 is 1.66 bits per heavy atom. The van der Waals surface area contributed by atoms with Gasteiger partial charge in [0.15, 0.2) is 12.0 Å².